The van der Waals surface area contributed by atoms with Gasteiger partial charge in [-0.25, -0.2) is 13.2 Å². The number of furan rings is 1. The van der Waals surface area contributed by atoms with Gasteiger partial charge in [-0.15, -0.1) is 0 Å². The predicted octanol–water partition coefficient (Wildman–Crippen LogP) is 0.289. The van der Waals surface area contributed by atoms with Gasteiger partial charge in [-0.2, -0.15) is 4.31 Å². The Kier molecular flexibility index (Phi) is 6.18. The van der Waals surface area contributed by atoms with Crippen LogP contribution in [0.15, 0.2) is 21.6 Å². The minimum atomic E-state index is -3.84. The van der Waals surface area contributed by atoms with Crippen molar-refractivity contribution in [2.24, 2.45) is 5.92 Å². The summed E-state index contributed by atoms with van der Waals surface area (Å²) in [6.07, 6.45) is 0.959. The van der Waals surface area contributed by atoms with E-state index in [1.807, 2.05) is 4.90 Å². The van der Waals surface area contributed by atoms with Gasteiger partial charge in [0.1, 0.15) is 0 Å². The molecule has 27 heavy (non-hydrogen) atoms. The molecule has 2 saturated heterocycles. The molecule has 2 fully saturated rings. The molecule has 0 saturated carbocycles. The third-order valence-electron chi connectivity index (χ3n) is 4.88. The minimum Gasteiger partial charge on any atom is -0.460 e. The Morgan fingerprint density at radius 1 is 1.19 bits per heavy atom. The van der Waals surface area contributed by atoms with Crippen molar-refractivity contribution in [3.63, 3.8) is 0 Å². The van der Waals surface area contributed by atoms with Gasteiger partial charge >= 0.3 is 5.97 Å². The van der Waals surface area contributed by atoms with Gasteiger partial charge in [-0.1, -0.05) is 0 Å². The fraction of sp³-hybridized carbons (Fsp3) is 0.647. The van der Waals surface area contributed by atoms with Crippen LogP contribution in [0.3, 0.4) is 0 Å². The molecule has 2 aliphatic rings. The topological polar surface area (TPSA) is 109 Å². The summed E-state index contributed by atoms with van der Waals surface area (Å²) in [6, 6.07) is 2.56. The number of nitrogens with one attached hydrogen (secondary N) is 1. The molecule has 0 unspecified atom stereocenters. The fourth-order valence-corrected chi connectivity index (χ4v) is 4.77. The van der Waals surface area contributed by atoms with Gasteiger partial charge in [0.2, 0.25) is 16.8 Å². The lowest BCUT2D eigenvalue weighted by molar-refractivity contribution is -0.137. The number of piperidine rings is 1. The Balaban J connectivity index is 1.61. The zero-order chi connectivity index (χ0) is 19.4. The normalized spacial score (nSPS) is 19.8. The second-order valence-electron chi connectivity index (χ2n) is 6.59. The number of rotatable bonds is 5. The van der Waals surface area contributed by atoms with Gasteiger partial charge in [-0.05, 0) is 31.9 Å². The van der Waals surface area contributed by atoms with E-state index in [1.165, 1.54) is 16.4 Å². The highest BCUT2D eigenvalue weighted by Crippen LogP contribution is 2.26. The number of carbonyl (C=O) groups is 2. The molecule has 1 N–H and O–H groups in total. The summed E-state index contributed by atoms with van der Waals surface area (Å²) < 4.78 is 36.8. The standard InChI is InChI=1S/C17H25N3O6S/c1-2-25-17(22)14-3-4-15(26-14)27(23,24)20-9-5-13(6-10-20)16(21)19-11-7-18-8-12-19/h3-4,13,18H,2,5-12H2,1H3. The lowest BCUT2D eigenvalue weighted by atomic mass is 9.96. The quantitative estimate of drug-likeness (QED) is 0.709. The summed E-state index contributed by atoms with van der Waals surface area (Å²) in [5.41, 5.74) is 0. The third-order valence-corrected chi connectivity index (χ3v) is 6.66. The summed E-state index contributed by atoms with van der Waals surface area (Å²) >= 11 is 0. The summed E-state index contributed by atoms with van der Waals surface area (Å²) in [6.45, 7) is 5.31. The molecule has 9 nitrogen and oxygen atoms in total. The van der Waals surface area contributed by atoms with Gasteiger partial charge in [0.25, 0.3) is 10.0 Å². The molecule has 0 spiro atoms. The molecule has 10 heteroatoms. The van der Waals surface area contributed by atoms with E-state index in [0.717, 1.165) is 13.1 Å². The Morgan fingerprint density at radius 2 is 1.85 bits per heavy atom. The number of carbonyl (C=O) groups excluding carboxylic acids is 2. The average molecular weight is 399 g/mol. The molecule has 1 amide bonds. The molecule has 0 radical (unpaired) electrons. The van der Waals surface area contributed by atoms with Crippen molar-refractivity contribution in [1.29, 1.82) is 0 Å². The van der Waals surface area contributed by atoms with Gasteiger partial charge in [0.05, 0.1) is 6.61 Å². The molecular weight excluding hydrogens is 374 g/mol. The Labute approximate surface area is 158 Å². The summed E-state index contributed by atoms with van der Waals surface area (Å²) in [5, 5.41) is 2.93. The smallest absolute Gasteiger partial charge is 0.374 e. The van der Waals surface area contributed by atoms with E-state index < -0.39 is 16.0 Å². The van der Waals surface area contributed by atoms with Crippen LogP contribution in [-0.2, 0) is 19.6 Å². The molecule has 2 aliphatic heterocycles. The fourth-order valence-electron chi connectivity index (χ4n) is 3.38. The first-order valence-electron chi connectivity index (χ1n) is 9.20. The van der Waals surface area contributed by atoms with Crippen LogP contribution in [0, 0.1) is 5.92 Å². The number of ether oxygens (including phenoxy) is 1. The molecule has 1 aromatic rings. The Bertz CT molecular complexity index is 776. The maximum absolute atomic E-state index is 12.7. The first-order chi connectivity index (χ1) is 12.9. The highest BCUT2D eigenvalue weighted by atomic mass is 32.2. The molecule has 3 heterocycles. The first kappa shape index (κ1) is 19.8. The van der Waals surface area contributed by atoms with Crippen LogP contribution in [0.1, 0.15) is 30.3 Å². The van der Waals surface area contributed by atoms with Crippen LogP contribution in [0.4, 0.5) is 0 Å². The zero-order valence-corrected chi connectivity index (χ0v) is 16.2. The third kappa shape index (κ3) is 4.33. The maximum Gasteiger partial charge on any atom is 0.374 e. The summed E-state index contributed by atoms with van der Waals surface area (Å²) in [7, 11) is -3.84. The molecule has 0 aromatic carbocycles. The van der Waals surface area contributed by atoms with Crippen molar-refractivity contribution < 1.29 is 27.2 Å². The van der Waals surface area contributed by atoms with Crippen molar-refractivity contribution in [2.45, 2.75) is 24.9 Å². The highest BCUT2D eigenvalue weighted by Gasteiger charge is 2.35. The summed E-state index contributed by atoms with van der Waals surface area (Å²) in [4.78, 5) is 26.1. The minimum absolute atomic E-state index is 0.108. The number of hydrogen-bond acceptors (Lipinski definition) is 7. The van der Waals surface area contributed by atoms with Crippen LogP contribution in [0.25, 0.3) is 0 Å². The average Bonchev–Trinajstić information content (AvgIpc) is 3.20. The molecule has 0 atom stereocenters. The SMILES string of the molecule is CCOC(=O)c1ccc(S(=O)(=O)N2CCC(C(=O)N3CCNCC3)CC2)o1. The lowest BCUT2D eigenvalue weighted by Gasteiger charge is -2.35. The van der Waals surface area contributed by atoms with E-state index in [2.05, 4.69) is 5.32 Å². The van der Waals surface area contributed by atoms with Crippen molar-refractivity contribution in [1.82, 2.24) is 14.5 Å². The number of nitrogens with zero attached hydrogens (tertiary/aromatic N) is 2. The highest BCUT2D eigenvalue weighted by molar-refractivity contribution is 7.89. The molecule has 150 valence electrons. The number of piperazine rings is 1. The second-order valence-corrected chi connectivity index (χ2v) is 8.46. The monoisotopic (exact) mass is 399 g/mol. The molecule has 3 rings (SSSR count). The predicted molar refractivity (Wildman–Crippen MR) is 95.6 cm³/mol. The molecule has 0 bridgehead atoms. The zero-order valence-electron chi connectivity index (χ0n) is 15.3. The van der Waals surface area contributed by atoms with E-state index in [9.17, 15) is 18.0 Å². The molecule has 1 aromatic heterocycles. The van der Waals surface area contributed by atoms with E-state index in [0.29, 0.717) is 25.9 Å². The number of amides is 1. The van der Waals surface area contributed by atoms with Crippen molar-refractivity contribution in [3.05, 3.63) is 17.9 Å². The van der Waals surface area contributed by atoms with Crippen LogP contribution in [0.5, 0.6) is 0 Å². The first-order valence-corrected chi connectivity index (χ1v) is 10.6. The van der Waals surface area contributed by atoms with Gasteiger partial charge < -0.3 is 19.4 Å². The van der Waals surface area contributed by atoms with Crippen LogP contribution >= 0.6 is 0 Å². The van der Waals surface area contributed by atoms with Crippen molar-refractivity contribution in [3.8, 4) is 0 Å². The van der Waals surface area contributed by atoms with Gasteiger partial charge in [0.15, 0.2) is 0 Å². The van der Waals surface area contributed by atoms with E-state index in [4.69, 9.17) is 9.15 Å². The number of hydrogen-bond donors (Lipinski definition) is 1. The number of sulfonamides is 1. The van der Waals surface area contributed by atoms with E-state index in [-0.39, 0.29) is 42.4 Å². The Morgan fingerprint density at radius 3 is 2.48 bits per heavy atom. The number of esters is 1. The molecule has 0 aliphatic carbocycles. The van der Waals surface area contributed by atoms with Gasteiger partial charge in [0, 0.05) is 45.2 Å². The van der Waals surface area contributed by atoms with E-state index in [1.54, 1.807) is 6.92 Å². The van der Waals surface area contributed by atoms with E-state index >= 15 is 0 Å². The molecular formula is C17H25N3O6S. The lowest BCUT2D eigenvalue weighted by Crippen LogP contribution is -2.50. The van der Waals surface area contributed by atoms with Crippen molar-refractivity contribution >= 4 is 21.9 Å². The van der Waals surface area contributed by atoms with Crippen LogP contribution in [-0.4, -0.2) is 75.4 Å². The summed E-state index contributed by atoms with van der Waals surface area (Å²) in [5.74, 6) is -0.879. The second kappa shape index (κ2) is 8.41. The Hall–Kier alpha value is -1.91. The van der Waals surface area contributed by atoms with Crippen LogP contribution in [0.2, 0.25) is 0 Å². The maximum atomic E-state index is 12.7. The van der Waals surface area contributed by atoms with Gasteiger partial charge in [-0.3, -0.25) is 4.79 Å². The van der Waals surface area contributed by atoms with Crippen LogP contribution < -0.4 is 5.32 Å². The van der Waals surface area contributed by atoms with Crippen molar-refractivity contribution in [2.75, 3.05) is 45.9 Å². The largest absolute Gasteiger partial charge is 0.460 e.